The minimum atomic E-state index is -0.335. The van der Waals surface area contributed by atoms with Crippen molar-refractivity contribution < 1.29 is 13.9 Å². The fourth-order valence-corrected chi connectivity index (χ4v) is 2.42. The summed E-state index contributed by atoms with van der Waals surface area (Å²) in [5, 5.41) is 3.14. The number of pyridine rings is 1. The molecular weight excluding hydrogens is 311 g/mol. The molecular formula is C17H31FN4O2. The van der Waals surface area contributed by atoms with Crippen LogP contribution in [0.2, 0.25) is 0 Å². The topological polar surface area (TPSA) is 49.9 Å². The van der Waals surface area contributed by atoms with Gasteiger partial charge in [-0.05, 0) is 7.05 Å². The number of aromatic nitrogens is 1. The van der Waals surface area contributed by atoms with Crippen LogP contribution in [0.5, 0.6) is 5.75 Å². The lowest BCUT2D eigenvalue weighted by Gasteiger charge is -2.35. The van der Waals surface area contributed by atoms with Gasteiger partial charge in [-0.1, -0.05) is 13.8 Å². The Hall–Kier alpha value is -1.44. The maximum absolute atomic E-state index is 14.2. The summed E-state index contributed by atoms with van der Waals surface area (Å²) in [6.07, 6.45) is 1.57. The van der Waals surface area contributed by atoms with E-state index in [1.54, 1.807) is 13.3 Å². The van der Waals surface area contributed by atoms with E-state index in [1.165, 1.54) is 6.07 Å². The van der Waals surface area contributed by atoms with E-state index in [0.29, 0.717) is 24.8 Å². The third-order valence-corrected chi connectivity index (χ3v) is 3.70. The first-order valence-corrected chi connectivity index (χ1v) is 8.63. The number of hydrogen-bond acceptors (Lipinski definition) is 6. The van der Waals surface area contributed by atoms with Crippen LogP contribution in [0.25, 0.3) is 0 Å². The molecule has 0 amide bonds. The second kappa shape index (κ2) is 12.0. The largest absolute Gasteiger partial charge is 0.489 e. The molecule has 0 aromatic carbocycles. The zero-order valence-electron chi connectivity index (χ0n) is 15.3. The molecule has 6 nitrogen and oxygen atoms in total. The standard InChI is InChI=1S/C15H25FN4O2.C2H6/c1-17-3-4-19-5-7-20(8-6-19)15-14(16)11-13(12-18-15)22-10-9-21-2;1-2/h11-12,17H,3-10H2,1-2H3;1-2H3. The highest BCUT2D eigenvalue weighted by Crippen LogP contribution is 2.22. The summed E-state index contributed by atoms with van der Waals surface area (Å²) in [5.41, 5.74) is 0. The molecule has 24 heavy (non-hydrogen) atoms. The fraction of sp³-hybridized carbons (Fsp3) is 0.706. The van der Waals surface area contributed by atoms with Crippen molar-refractivity contribution in [2.45, 2.75) is 13.8 Å². The van der Waals surface area contributed by atoms with Gasteiger partial charge in [0.15, 0.2) is 11.6 Å². The molecule has 0 bridgehead atoms. The Morgan fingerprint density at radius 3 is 2.50 bits per heavy atom. The summed E-state index contributed by atoms with van der Waals surface area (Å²) in [6.45, 7) is 10.3. The lowest BCUT2D eigenvalue weighted by Crippen LogP contribution is -2.48. The number of piperazine rings is 1. The molecule has 0 aliphatic carbocycles. The first kappa shape index (κ1) is 20.6. The highest BCUT2D eigenvalue weighted by atomic mass is 19.1. The predicted molar refractivity (Wildman–Crippen MR) is 95.5 cm³/mol. The quantitative estimate of drug-likeness (QED) is 0.725. The van der Waals surface area contributed by atoms with Gasteiger partial charge in [-0.15, -0.1) is 0 Å². The smallest absolute Gasteiger partial charge is 0.169 e. The lowest BCUT2D eigenvalue weighted by molar-refractivity contribution is 0.146. The first-order chi connectivity index (χ1) is 11.7. The maximum atomic E-state index is 14.2. The highest BCUT2D eigenvalue weighted by Gasteiger charge is 2.20. The first-order valence-electron chi connectivity index (χ1n) is 8.63. The number of ether oxygens (including phenoxy) is 2. The minimum Gasteiger partial charge on any atom is -0.489 e. The van der Waals surface area contributed by atoms with Gasteiger partial charge in [0.05, 0.1) is 12.8 Å². The van der Waals surface area contributed by atoms with Crippen molar-refractivity contribution in [3.63, 3.8) is 0 Å². The molecule has 1 aromatic rings. The Bertz CT molecular complexity index is 454. The van der Waals surface area contributed by atoms with Gasteiger partial charge in [0.25, 0.3) is 0 Å². The molecule has 0 saturated carbocycles. The van der Waals surface area contributed by atoms with Crippen LogP contribution in [-0.4, -0.2) is 76.5 Å². The third kappa shape index (κ3) is 6.59. The van der Waals surface area contributed by atoms with Gasteiger partial charge in [0, 0.05) is 52.4 Å². The molecule has 0 unspecified atom stereocenters. The van der Waals surface area contributed by atoms with E-state index in [-0.39, 0.29) is 5.82 Å². The van der Waals surface area contributed by atoms with Crippen molar-refractivity contribution in [1.82, 2.24) is 15.2 Å². The Kier molecular flexibility index (Phi) is 10.3. The van der Waals surface area contributed by atoms with E-state index in [2.05, 4.69) is 15.2 Å². The van der Waals surface area contributed by atoms with Gasteiger partial charge in [0.2, 0.25) is 0 Å². The van der Waals surface area contributed by atoms with E-state index < -0.39 is 0 Å². The molecule has 1 N–H and O–H groups in total. The van der Waals surface area contributed by atoms with Gasteiger partial charge >= 0.3 is 0 Å². The molecule has 0 atom stereocenters. The van der Waals surface area contributed by atoms with Crippen molar-refractivity contribution >= 4 is 5.82 Å². The molecule has 1 fully saturated rings. The van der Waals surface area contributed by atoms with Crippen molar-refractivity contribution in [3.8, 4) is 5.75 Å². The number of halogens is 1. The minimum absolute atomic E-state index is 0.335. The van der Waals surface area contributed by atoms with Gasteiger partial charge < -0.3 is 19.7 Å². The van der Waals surface area contributed by atoms with Crippen LogP contribution >= 0.6 is 0 Å². The second-order valence-corrected chi connectivity index (χ2v) is 5.25. The van der Waals surface area contributed by atoms with E-state index in [0.717, 1.165) is 39.3 Å². The zero-order chi connectivity index (χ0) is 17.8. The molecule has 0 spiro atoms. The van der Waals surface area contributed by atoms with Crippen molar-refractivity contribution in [2.24, 2.45) is 0 Å². The summed E-state index contributed by atoms with van der Waals surface area (Å²) in [7, 11) is 3.55. The predicted octanol–water partition coefficient (Wildman–Crippen LogP) is 1.61. The maximum Gasteiger partial charge on any atom is 0.169 e. The van der Waals surface area contributed by atoms with Crippen LogP contribution in [0, 0.1) is 5.82 Å². The lowest BCUT2D eigenvalue weighted by atomic mass is 10.3. The average Bonchev–Trinajstić information content (AvgIpc) is 2.63. The number of nitrogens with zero attached hydrogens (tertiary/aromatic N) is 3. The van der Waals surface area contributed by atoms with Crippen LogP contribution in [0.1, 0.15) is 13.8 Å². The summed E-state index contributed by atoms with van der Waals surface area (Å²) in [5.74, 6) is 0.511. The number of anilines is 1. The van der Waals surface area contributed by atoms with Gasteiger partial charge in [-0.25, -0.2) is 9.37 Å². The second-order valence-electron chi connectivity index (χ2n) is 5.25. The van der Waals surface area contributed by atoms with E-state index in [1.807, 2.05) is 25.8 Å². The third-order valence-electron chi connectivity index (χ3n) is 3.70. The van der Waals surface area contributed by atoms with E-state index in [4.69, 9.17) is 9.47 Å². The molecule has 138 valence electrons. The molecule has 2 heterocycles. The van der Waals surface area contributed by atoms with Crippen LogP contribution in [-0.2, 0) is 4.74 Å². The Labute approximate surface area is 144 Å². The average molecular weight is 342 g/mol. The molecule has 2 rings (SSSR count). The molecule has 0 radical (unpaired) electrons. The Morgan fingerprint density at radius 2 is 1.92 bits per heavy atom. The van der Waals surface area contributed by atoms with Crippen LogP contribution in [0.4, 0.5) is 10.2 Å². The van der Waals surface area contributed by atoms with Crippen LogP contribution < -0.4 is 15.0 Å². The number of methoxy groups -OCH3 is 1. The van der Waals surface area contributed by atoms with E-state index in [9.17, 15) is 4.39 Å². The number of nitrogens with one attached hydrogen (secondary N) is 1. The normalized spacial score (nSPS) is 15.0. The number of rotatable bonds is 8. The number of likely N-dealkylation sites (N-methyl/N-ethyl adjacent to an activating group) is 1. The molecule has 7 heteroatoms. The van der Waals surface area contributed by atoms with Crippen molar-refractivity contribution in [3.05, 3.63) is 18.1 Å². The molecule has 1 aromatic heterocycles. The summed E-state index contributed by atoms with van der Waals surface area (Å²) >= 11 is 0. The van der Waals surface area contributed by atoms with Gasteiger partial charge in [-0.3, -0.25) is 4.90 Å². The van der Waals surface area contributed by atoms with Crippen molar-refractivity contribution in [2.75, 3.05) is 71.5 Å². The number of hydrogen-bond donors (Lipinski definition) is 1. The summed E-state index contributed by atoms with van der Waals surface area (Å²) < 4.78 is 24.5. The van der Waals surface area contributed by atoms with Gasteiger partial charge in [0.1, 0.15) is 12.4 Å². The highest BCUT2D eigenvalue weighted by molar-refractivity contribution is 5.43. The van der Waals surface area contributed by atoms with Crippen LogP contribution in [0.3, 0.4) is 0 Å². The van der Waals surface area contributed by atoms with E-state index >= 15 is 0 Å². The molecule has 1 aliphatic rings. The SMILES string of the molecule is CC.CNCCN1CCN(c2ncc(OCCOC)cc2F)CC1. The summed E-state index contributed by atoms with van der Waals surface area (Å²) in [4.78, 5) is 8.58. The summed E-state index contributed by atoms with van der Waals surface area (Å²) in [6, 6.07) is 1.39. The Morgan fingerprint density at radius 1 is 1.21 bits per heavy atom. The fourth-order valence-electron chi connectivity index (χ4n) is 2.42. The molecule has 1 saturated heterocycles. The van der Waals surface area contributed by atoms with Gasteiger partial charge in [-0.2, -0.15) is 0 Å². The zero-order valence-corrected chi connectivity index (χ0v) is 15.3. The molecule has 1 aliphatic heterocycles. The van der Waals surface area contributed by atoms with Crippen LogP contribution in [0.15, 0.2) is 12.3 Å². The monoisotopic (exact) mass is 342 g/mol. The Balaban J connectivity index is 0.00000139. The van der Waals surface area contributed by atoms with Crippen molar-refractivity contribution in [1.29, 1.82) is 0 Å².